The lowest BCUT2D eigenvalue weighted by atomic mass is 9.43. The van der Waals surface area contributed by atoms with E-state index in [4.69, 9.17) is 0 Å². The van der Waals surface area contributed by atoms with Crippen molar-refractivity contribution in [3.63, 3.8) is 0 Å². The summed E-state index contributed by atoms with van der Waals surface area (Å²) in [5.41, 5.74) is 21.5. The summed E-state index contributed by atoms with van der Waals surface area (Å²) in [5, 5.41) is 8.16. The highest BCUT2D eigenvalue weighted by Crippen LogP contribution is 2.58. The Balaban J connectivity index is 1.21. The van der Waals surface area contributed by atoms with Gasteiger partial charge in [0.25, 0.3) is 0 Å². The topological polar surface area (TPSA) is 8.17 Å². The first-order chi connectivity index (χ1) is 32.4. The van der Waals surface area contributed by atoms with Crippen LogP contribution in [0.4, 0.5) is 11.4 Å². The van der Waals surface area contributed by atoms with Gasteiger partial charge in [-0.15, -0.1) is 22.7 Å². The molecular formula is C63H55BN2S2. The van der Waals surface area contributed by atoms with Gasteiger partial charge in [0.1, 0.15) is 0 Å². The molecule has 5 heteroatoms. The van der Waals surface area contributed by atoms with Gasteiger partial charge < -0.3 is 9.38 Å². The van der Waals surface area contributed by atoms with Gasteiger partial charge in [0.15, 0.2) is 0 Å². The van der Waals surface area contributed by atoms with E-state index in [1.165, 1.54) is 140 Å². The molecule has 14 rings (SSSR count). The second-order valence-electron chi connectivity index (χ2n) is 23.8. The molecule has 0 radical (unpaired) electrons. The molecule has 3 aliphatic rings. The van der Waals surface area contributed by atoms with Gasteiger partial charge in [-0.3, -0.25) is 0 Å². The Morgan fingerprint density at radius 2 is 1.12 bits per heavy atom. The smallest absolute Gasteiger partial charge is 0.333 e. The lowest BCUT2D eigenvalue weighted by molar-refractivity contribution is 0.584. The Hall–Kier alpha value is -6.14. The van der Waals surface area contributed by atoms with E-state index >= 15 is 0 Å². The van der Waals surface area contributed by atoms with Gasteiger partial charge in [0.2, 0.25) is 0 Å². The molecule has 0 saturated carbocycles. The molecule has 3 aromatic heterocycles. The molecule has 0 bridgehead atoms. The van der Waals surface area contributed by atoms with Crippen LogP contribution in [0.25, 0.3) is 90.1 Å². The maximum Gasteiger partial charge on any atom is 0.333 e. The van der Waals surface area contributed by atoms with Gasteiger partial charge in [-0.25, -0.2) is 0 Å². The third kappa shape index (κ3) is 5.30. The first-order valence-corrected chi connectivity index (χ1v) is 26.2. The summed E-state index contributed by atoms with van der Waals surface area (Å²) in [7, 11) is 0. The van der Waals surface area contributed by atoms with Crippen LogP contribution in [0.15, 0.2) is 133 Å². The minimum atomic E-state index is -0.194. The quantitative estimate of drug-likeness (QED) is 0.149. The van der Waals surface area contributed by atoms with Crippen LogP contribution in [-0.4, -0.2) is 11.4 Å². The van der Waals surface area contributed by atoms with Crippen molar-refractivity contribution in [1.29, 1.82) is 0 Å². The molecule has 0 spiro atoms. The molecule has 0 N–H and O–H groups in total. The van der Waals surface area contributed by atoms with E-state index in [2.05, 4.69) is 219 Å². The molecule has 5 heterocycles. The summed E-state index contributed by atoms with van der Waals surface area (Å²) >= 11 is 3.91. The van der Waals surface area contributed by atoms with Crippen molar-refractivity contribution in [1.82, 2.24) is 4.57 Å². The lowest BCUT2D eigenvalue weighted by Gasteiger charge is -2.43. The third-order valence-electron chi connectivity index (χ3n) is 16.2. The van der Waals surface area contributed by atoms with Gasteiger partial charge in [-0.1, -0.05) is 155 Å². The molecule has 0 unspecified atom stereocenters. The summed E-state index contributed by atoms with van der Waals surface area (Å²) < 4.78 is 8.10. The number of benzene rings is 8. The minimum absolute atomic E-state index is 0.00693. The molecule has 68 heavy (non-hydrogen) atoms. The fourth-order valence-corrected chi connectivity index (χ4v) is 15.0. The summed E-state index contributed by atoms with van der Waals surface area (Å²) in [5.74, 6) is 0. The molecule has 1 aliphatic carbocycles. The first kappa shape index (κ1) is 40.9. The molecular weight excluding hydrogens is 860 g/mol. The highest BCUT2D eigenvalue weighted by molar-refractivity contribution is 7.27. The second kappa shape index (κ2) is 13.1. The lowest BCUT2D eigenvalue weighted by Crippen LogP contribution is -2.60. The van der Waals surface area contributed by atoms with E-state index in [1.807, 2.05) is 22.7 Å². The molecule has 0 fully saturated rings. The van der Waals surface area contributed by atoms with E-state index in [0.29, 0.717) is 0 Å². The maximum absolute atomic E-state index is 2.77. The molecule has 0 atom stereocenters. The van der Waals surface area contributed by atoms with Gasteiger partial charge in [-0.05, 0) is 126 Å². The number of anilines is 2. The van der Waals surface area contributed by atoms with Gasteiger partial charge >= 0.3 is 6.85 Å². The van der Waals surface area contributed by atoms with Crippen LogP contribution < -0.4 is 15.7 Å². The SMILES string of the molecule is CC(C)(C)c1ccc(N2B3c4cc5c(cc4-n4c6ccc(C(C)(C)C)cc6c6c7sc8ccccc8c7c(c3c64)-c3cc4c(cc32)C(C)(C)c2cc(C(C)(C)C)ccc2-4)sc2ccccc25)cc1. The molecule has 2 aliphatic heterocycles. The standard InChI is InChI=1S/C63H55BN2S2/c1-60(2,3)34-20-24-37(25-21-34)66-49-32-46-41(38-26-22-36(62(7,8)9)29-45(38)63(46,10)11)30-44(49)54-55-40-17-13-15-19-52(40)68-59(55)56-43-28-35(61(4,5)6)23-27-48(43)65-50-33-53-42(39-16-12-14-18-51(39)67-53)31-47(50)64(66)57(54)58(56)65/h12-33H,1-11H3. The predicted octanol–water partition coefficient (Wildman–Crippen LogP) is 17.0. The van der Waals surface area contributed by atoms with E-state index in [1.54, 1.807) is 0 Å². The zero-order valence-corrected chi connectivity index (χ0v) is 42.6. The molecule has 332 valence electrons. The van der Waals surface area contributed by atoms with Crippen molar-refractivity contribution in [2.75, 3.05) is 4.81 Å². The maximum atomic E-state index is 2.77. The van der Waals surface area contributed by atoms with Crippen molar-refractivity contribution in [3.05, 3.63) is 161 Å². The van der Waals surface area contributed by atoms with Gasteiger partial charge in [-0.2, -0.15) is 0 Å². The first-order valence-electron chi connectivity index (χ1n) is 24.5. The van der Waals surface area contributed by atoms with Crippen LogP contribution >= 0.6 is 22.7 Å². The van der Waals surface area contributed by atoms with Crippen molar-refractivity contribution in [3.8, 4) is 27.9 Å². The van der Waals surface area contributed by atoms with Crippen LogP contribution in [0.5, 0.6) is 0 Å². The van der Waals surface area contributed by atoms with Crippen LogP contribution in [0.1, 0.15) is 104 Å². The highest BCUT2D eigenvalue weighted by atomic mass is 32.1. The monoisotopic (exact) mass is 914 g/mol. The molecule has 0 saturated heterocycles. The largest absolute Gasteiger partial charge is 0.376 e. The number of hydrogen-bond donors (Lipinski definition) is 0. The fourth-order valence-electron chi connectivity index (χ4n) is 12.6. The number of aromatic nitrogens is 1. The molecule has 11 aromatic rings. The summed E-state index contributed by atoms with van der Waals surface area (Å²) in [6, 6.07) is 53.0. The normalized spacial score (nSPS) is 15.0. The van der Waals surface area contributed by atoms with E-state index in [9.17, 15) is 0 Å². The van der Waals surface area contributed by atoms with Crippen LogP contribution in [0.3, 0.4) is 0 Å². The number of nitrogens with zero attached hydrogens (tertiary/aromatic N) is 2. The molecule has 8 aromatic carbocycles. The van der Waals surface area contributed by atoms with Crippen molar-refractivity contribution >= 4 is 114 Å². The van der Waals surface area contributed by atoms with Crippen LogP contribution in [0, 0.1) is 0 Å². The zero-order chi connectivity index (χ0) is 46.7. The number of thiophene rings is 2. The van der Waals surface area contributed by atoms with Crippen LogP contribution in [0.2, 0.25) is 0 Å². The van der Waals surface area contributed by atoms with E-state index in [0.717, 1.165) is 0 Å². The summed E-state index contributed by atoms with van der Waals surface area (Å²) in [6.07, 6.45) is 0. The average molecular weight is 915 g/mol. The number of rotatable bonds is 1. The molecule has 2 nitrogen and oxygen atoms in total. The Kier molecular flexibility index (Phi) is 7.90. The molecule has 0 amide bonds. The van der Waals surface area contributed by atoms with Crippen molar-refractivity contribution in [2.45, 2.75) is 97.8 Å². The van der Waals surface area contributed by atoms with Crippen molar-refractivity contribution in [2.24, 2.45) is 0 Å². The Morgan fingerprint density at radius 1 is 0.485 bits per heavy atom. The number of hydrogen-bond acceptors (Lipinski definition) is 3. The Morgan fingerprint density at radius 3 is 1.84 bits per heavy atom. The van der Waals surface area contributed by atoms with Gasteiger partial charge in [0.05, 0.1) is 11.0 Å². The van der Waals surface area contributed by atoms with Crippen molar-refractivity contribution < 1.29 is 0 Å². The Bertz CT molecular complexity index is 4060. The zero-order valence-electron chi connectivity index (χ0n) is 41.0. The third-order valence-corrected chi connectivity index (χ3v) is 18.5. The fraction of sp³-hybridized carbons (Fsp3) is 0.238. The van der Waals surface area contributed by atoms with Crippen LogP contribution in [-0.2, 0) is 21.7 Å². The number of fused-ring (bicyclic) bond motifs is 19. The summed E-state index contributed by atoms with van der Waals surface area (Å²) in [6.45, 7) is 25.9. The summed E-state index contributed by atoms with van der Waals surface area (Å²) in [4.78, 5) is 2.77. The van der Waals surface area contributed by atoms with Gasteiger partial charge in [0, 0.05) is 79.2 Å². The second-order valence-corrected chi connectivity index (χ2v) is 25.9. The van der Waals surface area contributed by atoms with E-state index < -0.39 is 0 Å². The minimum Gasteiger partial charge on any atom is -0.376 e. The van der Waals surface area contributed by atoms with E-state index in [-0.39, 0.29) is 28.5 Å². The average Bonchev–Trinajstić information content (AvgIpc) is 4.03. The Labute approximate surface area is 408 Å². The highest BCUT2D eigenvalue weighted by Gasteiger charge is 2.48. The predicted molar refractivity (Wildman–Crippen MR) is 299 cm³/mol.